The summed E-state index contributed by atoms with van der Waals surface area (Å²) in [5.74, 6) is 0.370. The highest BCUT2D eigenvalue weighted by Gasteiger charge is 2.23. The number of likely N-dealkylation sites (tertiary alicyclic amines) is 1. The molecule has 0 saturated carbocycles. The van der Waals surface area contributed by atoms with E-state index in [2.05, 4.69) is 9.62 Å². The molecule has 2 N–H and O–H groups in total. The Morgan fingerprint density at radius 2 is 2.00 bits per heavy atom. The first-order chi connectivity index (χ1) is 14.0. The van der Waals surface area contributed by atoms with Gasteiger partial charge in [0.1, 0.15) is 18.2 Å². The number of piperidine rings is 1. The maximum Gasteiger partial charge on any atom is 0.240 e. The van der Waals surface area contributed by atoms with Crippen LogP contribution in [0.1, 0.15) is 18.4 Å². The molecule has 0 aliphatic carbocycles. The van der Waals surface area contributed by atoms with E-state index in [0.29, 0.717) is 6.54 Å². The first-order valence-corrected chi connectivity index (χ1v) is 11.2. The maximum absolute atomic E-state index is 13.3. The summed E-state index contributed by atoms with van der Waals surface area (Å²) in [6, 6.07) is 12.8. The fraction of sp³-hybridized carbons (Fsp3) is 0.429. The van der Waals surface area contributed by atoms with Crippen LogP contribution in [0.3, 0.4) is 0 Å². The van der Waals surface area contributed by atoms with E-state index in [1.54, 1.807) is 0 Å². The lowest BCUT2D eigenvalue weighted by Crippen LogP contribution is -2.40. The predicted octanol–water partition coefficient (Wildman–Crippen LogP) is 2.39. The van der Waals surface area contributed by atoms with E-state index in [-0.39, 0.29) is 24.0 Å². The van der Waals surface area contributed by atoms with Gasteiger partial charge in [-0.3, -0.25) is 4.90 Å². The summed E-state index contributed by atoms with van der Waals surface area (Å²) in [4.78, 5) is 2.27. The lowest BCUT2D eigenvalue weighted by Gasteiger charge is -2.32. The molecule has 2 aromatic rings. The molecule has 29 heavy (non-hydrogen) atoms. The summed E-state index contributed by atoms with van der Waals surface area (Å²) >= 11 is 0. The number of aliphatic hydroxyl groups is 1. The van der Waals surface area contributed by atoms with Crippen molar-refractivity contribution in [2.75, 3.05) is 32.8 Å². The molecule has 1 aliphatic heterocycles. The summed E-state index contributed by atoms with van der Waals surface area (Å²) in [6.45, 7) is 3.15. The van der Waals surface area contributed by atoms with Gasteiger partial charge in [-0.1, -0.05) is 18.2 Å². The highest BCUT2D eigenvalue weighted by atomic mass is 32.2. The molecular formula is C21H27FN2O4S. The minimum atomic E-state index is -3.71. The summed E-state index contributed by atoms with van der Waals surface area (Å²) < 4.78 is 46.1. The Morgan fingerprint density at radius 1 is 1.21 bits per heavy atom. The van der Waals surface area contributed by atoms with Crippen molar-refractivity contribution in [2.24, 2.45) is 5.92 Å². The Morgan fingerprint density at radius 3 is 2.72 bits per heavy atom. The van der Waals surface area contributed by atoms with E-state index in [4.69, 9.17) is 9.84 Å². The Hall–Kier alpha value is -2.00. The molecule has 8 heteroatoms. The van der Waals surface area contributed by atoms with Gasteiger partial charge in [0.2, 0.25) is 10.0 Å². The fourth-order valence-corrected chi connectivity index (χ4v) is 4.67. The summed E-state index contributed by atoms with van der Waals surface area (Å²) in [7, 11) is -3.71. The van der Waals surface area contributed by atoms with Gasteiger partial charge < -0.3 is 9.84 Å². The second-order valence-corrected chi connectivity index (χ2v) is 9.04. The number of benzene rings is 2. The van der Waals surface area contributed by atoms with Crippen LogP contribution in [0.2, 0.25) is 0 Å². The van der Waals surface area contributed by atoms with Crippen molar-refractivity contribution < 1.29 is 22.7 Å². The van der Waals surface area contributed by atoms with Crippen molar-refractivity contribution in [1.29, 1.82) is 0 Å². The third-order valence-corrected chi connectivity index (χ3v) is 6.38. The standard InChI is InChI=1S/C21H27FN2O4S/c22-19-4-1-5-21(13-19)29(26,27)23-14-18-3-2-10-24(16-18)15-17-6-8-20(9-7-17)28-12-11-25/h1,4-9,13,18,23,25H,2-3,10-12,14-16H2/t18-/m0/s1. The highest BCUT2D eigenvalue weighted by Crippen LogP contribution is 2.20. The zero-order valence-corrected chi connectivity index (χ0v) is 17.1. The molecule has 0 radical (unpaired) electrons. The molecule has 1 heterocycles. The monoisotopic (exact) mass is 422 g/mol. The zero-order valence-electron chi connectivity index (χ0n) is 16.3. The maximum atomic E-state index is 13.3. The molecule has 1 saturated heterocycles. The van der Waals surface area contributed by atoms with Crippen LogP contribution >= 0.6 is 0 Å². The second kappa shape index (κ2) is 10.2. The lowest BCUT2D eigenvalue weighted by molar-refractivity contribution is 0.168. The number of sulfonamides is 1. The molecule has 0 bridgehead atoms. The van der Waals surface area contributed by atoms with Gasteiger partial charge in [-0.2, -0.15) is 0 Å². The van der Waals surface area contributed by atoms with Crippen LogP contribution in [-0.4, -0.2) is 51.3 Å². The van der Waals surface area contributed by atoms with Crippen molar-refractivity contribution in [3.63, 3.8) is 0 Å². The third-order valence-electron chi connectivity index (χ3n) is 4.96. The number of rotatable bonds is 9. The topological polar surface area (TPSA) is 78.9 Å². The van der Waals surface area contributed by atoms with Gasteiger partial charge in [-0.05, 0) is 61.2 Å². The Labute approximate surface area is 171 Å². The molecule has 3 rings (SSSR count). The van der Waals surface area contributed by atoms with Crippen molar-refractivity contribution in [1.82, 2.24) is 9.62 Å². The normalized spacial score (nSPS) is 17.9. The van der Waals surface area contributed by atoms with E-state index in [9.17, 15) is 12.8 Å². The van der Waals surface area contributed by atoms with Crippen molar-refractivity contribution in [2.45, 2.75) is 24.3 Å². The van der Waals surface area contributed by atoms with Crippen LogP contribution < -0.4 is 9.46 Å². The molecule has 0 amide bonds. The molecule has 2 aromatic carbocycles. The minimum absolute atomic E-state index is 0.0140. The summed E-state index contributed by atoms with van der Waals surface area (Å²) in [5.41, 5.74) is 1.15. The summed E-state index contributed by atoms with van der Waals surface area (Å²) in [5, 5.41) is 8.80. The highest BCUT2D eigenvalue weighted by molar-refractivity contribution is 7.89. The van der Waals surface area contributed by atoms with Gasteiger partial charge in [0.25, 0.3) is 0 Å². The van der Waals surface area contributed by atoms with Crippen LogP contribution in [0, 0.1) is 11.7 Å². The van der Waals surface area contributed by atoms with Crippen LogP contribution in [0.5, 0.6) is 5.75 Å². The predicted molar refractivity (Wildman–Crippen MR) is 109 cm³/mol. The van der Waals surface area contributed by atoms with Crippen LogP contribution in [0.25, 0.3) is 0 Å². The molecule has 0 spiro atoms. The third kappa shape index (κ3) is 6.50. The zero-order chi connectivity index (χ0) is 20.7. The molecule has 6 nitrogen and oxygen atoms in total. The number of nitrogens with zero attached hydrogens (tertiary/aromatic N) is 1. The van der Waals surface area contributed by atoms with E-state index < -0.39 is 15.8 Å². The number of hydrogen-bond acceptors (Lipinski definition) is 5. The molecular weight excluding hydrogens is 395 g/mol. The van der Waals surface area contributed by atoms with Gasteiger partial charge in [-0.25, -0.2) is 17.5 Å². The molecule has 0 unspecified atom stereocenters. The van der Waals surface area contributed by atoms with E-state index in [1.807, 2.05) is 24.3 Å². The quantitative estimate of drug-likeness (QED) is 0.649. The first-order valence-electron chi connectivity index (χ1n) is 9.76. The Balaban J connectivity index is 1.51. The molecule has 1 fully saturated rings. The summed E-state index contributed by atoms with van der Waals surface area (Å²) in [6.07, 6.45) is 1.96. The number of nitrogens with one attached hydrogen (secondary N) is 1. The van der Waals surface area contributed by atoms with E-state index in [1.165, 1.54) is 18.2 Å². The SMILES string of the molecule is O=S(=O)(NC[C@@H]1CCCN(Cc2ccc(OCCO)cc2)C1)c1cccc(F)c1. The number of hydrogen-bond donors (Lipinski definition) is 2. The van der Waals surface area contributed by atoms with Gasteiger partial charge in [0, 0.05) is 19.6 Å². The number of ether oxygens (including phenoxy) is 1. The Bertz CT molecular complexity index is 890. The second-order valence-electron chi connectivity index (χ2n) is 7.27. The van der Waals surface area contributed by atoms with Gasteiger partial charge >= 0.3 is 0 Å². The average molecular weight is 423 g/mol. The van der Waals surface area contributed by atoms with Crippen LogP contribution in [0.15, 0.2) is 53.4 Å². The molecule has 158 valence electrons. The smallest absolute Gasteiger partial charge is 0.240 e. The average Bonchev–Trinajstić information content (AvgIpc) is 2.72. The van der Waals surface area contributed by atoms with Gasteiger partial charge in [-0.15, -0.1) is 0 Å². The number of aliphatic hydroxyl groups excluding tert-OH is 1. The molecule has 0 aromatic heterocycles. The number of halogens is 1. The van der Waals surface area contributed by atoms with Crippen LogP contribution in [0.4, 0.5) is 4.39 Å². The largest absolute Gasteiger partial charge is 0.491 e. The van der Waals surface area contributed by atoms with Gasteiger partial charge in [0.15, 0.2) is 0 Å². The molecule has 1 atom stereocenters. The van der Waals surface area contributed by atoms with Crippen LogP contribution in [-0.2, 0) is 16.6 Å². The van der Waals surface area contributed by atoms with Crippen molar-refractivity contribution in [3.05, 3.63) is 59.9 Å². The van der Waals surface area contributed by atoms with Crippen molar-refractivity contribution in [3.8, 4) is 5.75 Å². The first kappa shape index (κ1) is 21.7. The fourth-order valence-electron chi connectivity index (χ4n) is 3.52. The van der Waals surface area contributed by atoms with Gasteiger partial charge in [0.05, 0.1) is 11.5 Å². The minimum Gasteiger partial charge on any atom is -0.491 e. The van der Waals surface area contributed by atoms with E-state index in [0.717, 1.165) is 49.9 Å². The Kier molecular flexibility index (Phi) is 7.60. The van der Waals surface area contributed by atoms with Crippen molar-refractivity contribution >= 4 is 10.0 Å². The lowest BCUT2D eigenvalue weighted by atomic mass is 9.98. The van der Waals surface area contributed by atoms with E-state index >= 15 is 0 Å². The molecule has 1 aliphatic rings.